The smallest absolute Gasteiger partial charge is 0.146 e. The van der Waals surface area contributed by atoms with Gasteiger partial charge >= 0.3 is 0 Å². The summed E-state index contributed by atoms with van der Waals surface area (Å²) in [5.74, 6) is -0.377. The molecule has 21 heavy (non-hydrogen) atoms. The minimum atomic E-state index is -0.389. The number of nitrogens with one attached hydrogen (secondary N) is 1. The van der Waals surface area contributed by atoms with Crippen LogP contribution >= 0.6 is 0 Å². The van der Waals surface area contributed by atoms with E-state index in [0.717, 1.165) is 6.54 Å². The first kappa shape index (κ1) is 16.2. The Bertz CT molecular complexity index is 494. The zero-order valence-corrected chi connectivity index (χ0v) is 13.6. The molecular weight excluding hydrogens is 270 g/mol. The maximum Gasteiger partial charge on any atom is 0.146 e. The van der Waals surface area contributed by atoms with Crippen molar-refractivity contribution in [3.63, 3.8) is 0 Å². The minimum absolute atomic E-state index is 0.0734. The van der Waals surface area contributed by atoms with Crippen LogP contribution in [-0.2, 0) is 0 Å². The zero-order valence-electron chi connectivity index (χ0n) is 13.6. The molecule has 1 aromatic carbocycles. The van der Waals surface area contributed by atoms with Gasteiger partial charge in [0.05, 0.1) is 5.69 Å². The molecule has 2 rings (SSSR count). The fourth-order valence-corrected chi connectivity index (χ4v) is 2.93. The van der Waals surface area contributed by atoms with Crippen LogP contribution in [0.25, 0.3) is 0 Å². The van der Waals surface area contributed by atoms with Crippen LogP contribution in [0.15, 0.2) is 18.2 Å². The lowest BCUT2D eigenvalue weighted by atomic mass is 9.83. The summed E-state index contributed by atoms with van der Waals surface area (Å²) in [6.07, 6.45) is 0. The molecule has 2 unspecified atom stereocenters. The molecule has 2 nitrogen and oxygen atoms in total. The molecule has 1 saturated heterocycles. The maximum atomic E-state index is 14.2. The summed E-state index contributed by atoms with van der Waals surface area (Å²) in [5.41, 5.74) is 0.453. The molecule has 0 aliphatic carbocycles. The van der Waals surface area contributed by atoms with Crippen molar-refractivity contribution < 1.29 is 8.78 Å². The Hall–Kier alpha value is -1.16. The van der Waals surface area contributed by atoms with Gasteiger partial charge in [-0.25, -0.2) is 8.78 Å². The first-order valence-electron chi connectivity index (χ1n) is 7.65. The van der Waals surface area contributed by atoms with Gasteiger partial charge in [-0.1, -0.05) is 34.6 Å². The summed E-state index contributed by atoms with van der Waals surface area (Å²) in [6, 6.07) is 4.12. The van der Waals surface area contributed by atoms with E-state index in [9.17, 15) is 8.78 Å². The van der Waals surface area contributed by atoms with Gasteiger partial charge in [0.25, 0.3) is 0 Å². The van der Waals surface area contributed by atoms with Gasteiger partial charge < -0.3 is 10.2 Å². The van der Waals surface area contributed by atoms with Gasteiger partial charge in [0.2, 0.25) is 0 Å². The summed E-state index contributed by atoms with van der Waals surface area (Å²) in [4.78, 5) is 2.04. The van der Waals surface area contributed by atoms with E-state index in [1.165, 1.54) is 18.2 Å². The van der Waals surface area contributed by atoms with Crippen molar-refractivity contribution in [2.24, 2.45) is 11.3 Å². The molecule has 1 N–H and O–H groups in total. The van der Waals surface area contributed by atoms with Crippen molar-refractivity contribution in [1.29, 1.82) is 0 Å². The van der Waals surface area contributed by atoms with Crippen LogP contribution in [0.2, 0.25) is 0 Å². The molecule has 118 valence electrons. The molecule has 0 bridgehead atoms. The molecule has 2 atom stereocenters. The standard InChI is InChI=1S/C17H26F2N2/c1-11(2)15-9-20-16(17(3,4)5)10-21(15)14-8-12(18)6-7-13(14)19/h6-8,11,15-16,20H,9-10H2,1-5H3. The van der Waals surface area contributed by atoms with Crippen LogP contribution in [0.4, 0.5) is 14.5 Å². The molecule has 0 aromatic heterocycles. The highest BCUT2D eigenvalue weighted by Gasteiger charge is 2.36. The van der Waals surface area contributed by atoms with E-state index in [4.69, 9.17) is 0 Å². The monoisotopic (exact) mass is 296 g/mol. The first-order chi connectivity index (χ1) is 9.70. The van der Waals surface area contributed by atoms with Crippen molar-refractivity contribution in [2.75, 3.05) is 18.0 Å². The Labute approximate surface area is 126 Å². The van der Waals surface area contributed by atoms with Crippen LogP contribution in [-0.4, -0.2) is 25.2 Å². The quantitative estimate of drug-likeness (QED) is 0.892. The van der Waals surface area contributed by atoms with E-state index in [-0.39, 0.29) is 29.1 Å². The van der Waals surface area contributed by atoms with E-state index in [0.29, 0.717) is 18.2 Å². The third-order valence-corrected chi connectivity index (χ3v) is 4.39. The lowest BCUT2D eigenvalue weighted by molar-refractivity contribution is 0.220. The second-order valence-corrected chi connectivity index (χ2v) is 7.39. The maximum absolute atomic E-state index is 14.2. The number of rotatable bonds is 2. The summed E-state index contributed by atoms with van der Waals surface area (Å²) >= 11 is 0. The second kappa shape index (κ2) is 5.91. The Morgan fingerprint density at radius 2 is 1.90 bits per heavy atom. The summed E-state index contributed by atoms with van der Waals surface area (Å²) < 4.78 is 27.7. The largest absolute Gasteiger partial charge is 0.363 e. The molecule has 0 radical (unpaired) electrons. The van der Waals surface area contributed by atoms with Crippen molar-refractivity contribution in [2.45, 2.75) is 46.7 Å². The van der Waals surface area contributed by atoms with Crippen molar-refractivity contribution in [3.8, 4) is 0 Å². The van der Waals surface area contributed by atoms with Crippen LogP contribution in [0, 0.1) is 23.0 Å². The van der Waals surface area contributed by atoms with Gasteiger partial charge in [0, 0.05) is 31.2 Å². The molecule has 0 spiro atoms. The minimum Gasteiger partial charge on any atom is -0.363 e. The van der Waals surface area contributed by atoms with E-state index < -0.39 is 0 Å². The fraction of sp³-hybridized carbons (Fsp3) is 0.647. The summed E-state index contributed by atoms with van der Waals surface area (Å²) in [5, 5.41) is 3.57. The number of piperazine rings is 1. The molecular formula is C17H26F2N2. The van der Waals surface area contributed by atoms with Crippen LogP contribution in [0.5, 0.6) is 0 Å². The fourth-order valence-electron chi connectivity index (χ4n) is 2.93. The Balaban J connectivity index is 2.36. The lowest BCUT2D eigenvalue weighted by Crippen LogP contribution is -2.62. The Kier molecular flexibility index (Phi) is 4.57. The average molecular weight is 296 g/mol. The number of nitrogens with zero attached hydrogens (tertiary/aromatic N) is 1. The van der Waals surface area contributed by atoms with Gasteiger partial charge in [-0.3, -0.25) is 0 Å². The number of anilines is 1. The van der Waals surface area contributed by atoms with Gasteiger partial charge in [-0.05, 0) is 23.5 Å². The highest BCUT2D eigenvalue weighted by atomic mass is 19.1. The summed E-state index contributed by atoms with van der Waals surface area (Å²) in [7, 11) is 0. The molecule has 1 aliphatic heterocycles. The molecule has 0 amide bonds. The normalized spacial score (nSPS) is 23.7. The molecule has 1 aliphatic rings. The molecule has 4 heteroatoms. The van der Waals surface area contributed by atoms with Crippen LogP contribution < -0.4 is 10.2 Å². The van der Waals surface area contributed by atoms with Gasteiger partial charge in [-0.2, -0.15) is 0 Å². The van der Waals surface area contributed by atoms with E-state index in [2.05, 4.69) is 39.9 Å². The average Bonchev–Trinajstić information content (AvgIpc) is 2.39. The predicted molar refractivity (Wildman–Crippen MR) is 83.6 cm³/mol. The van der Waals surface area contributed by atoms with Crippen molar-refractivity contribution in [3.05, 3.63) is 29.8 Å². The highest BCUT2D eigenvalue weighted by molar-refractivity contribution is 5.50. The number of benzene rings is 1. The van der Waals surface area contributed by atoms with Gasteiger partial charge in [-0.15, -0.1) is 0 Å². The number of hydrogen-bond donors (Lipinski definition) is 1. The van der Waals surface area contributed by atoms with E-state index in [1.54, 1.807) is 0 Å². The highest BCUT2D eigenvalue weighted by Crippen LogP contribution is 2.31. The topological polar surface area (TPSA) is 15.3 Å². The van der Waals surface area contributed by atoms with Crippen LogP contribution in [0.1, 0.15) is 34.6 Å². The van der Waals surface area contributed by atoms with Gasteiger partial charge in [0.15, 0.2) is 0 Å². The second-order valence-electron chi connectivity index (χ2n) is 7.39. The molecule has 0 saturated carbocycles. The lowest BCUT2D eigenvalue weighted by Gasteiger charge is -2.47. The Morgan fingerprint density at radius 1 is 1.24 bits per heavy atom. The van der Waals surface area contributed by atoms with Gasteiger partial charge in [0.1, 0.15) is 11.6 Å². The summed E-state index contributed by atoms with van der Waals surface area (Å²) in [6.45, 7) is 12.2. The number of halogens is 2. The third-order valence-electron chi connectivity index (χ3n) is 4.39. The zero-order chi connectivity index (χ0) is 15.8. The number of hydrogen-bond acceptors (Lipinski definition) is 2. The predicted octanol–water partition coefficient (Wildman–Crippen LogP) is 3.81. The first-order valence-corrected chi connectivity index (χ1v) is 7.65. The molecule has 1 heterocycles. The van der Waals surface area contributed by atoms with E-state index >= 15 is 0 Å². The molecule has 1 fully saturated rings. The van der Waals surface area contributed by atoms with Crippen molar-refractivity contribution >= 4 is 5.69 Å². The van der Waals surface area contributed by atoms with Crippen molar-refractivity contribution in [1.82, 2.24) is 5.32 Å². The van der Waals surface area contributed by atoms with Crippen LogP contribution in [0.3, 0.4) is 0 Å². The molecule has 1 aromatic rings. The third kappa shape index (κ3) is 3.54. The van der Waals surface area contributed by atoms with E-state index in [1.807, 2.05) is 4.90 Å². The Morgan fingerprint density at radius 3 is 2.48 bits per heavy atom. The SMILES string of the molecule is CC(C)C1CNC(C(C)(C)C)CN1c1cc(F)ccc1F.